The molecule has 0 aromatic heterocycles. The van der Waals surface area contributed by atoms with Crippen LogP contribution in [0.3, 0.4) is 0 Å². The number of carbonyl (C=O) groups is 1. The largest absolute Gasteiger partial charge is 0.326 e. The van der Waals surface area contributed by atoms with Gasteiger partial charge in [-0.15, -0.1) is 0 Å². The molecular weight excluding hydrogens is 236 g/mol. The van der Waals surface area contributed by atoms with Crippen LogP contribution in [0.1, 0.15) is 58.8 Å². The summed E-state index contributed by atoms with van der Waals surface area (Å²) in [5, 5.41) is 3.54. The summed E-state index contributed by atoms with van der Waals surface area (Å²) in [6.45, 7) is 5.38. The standard InChI is InChI=1S/C16H28N2O/c1-3-5-14-16(19)18(15(4-2)17-14)10-13(11-6-7-11)12-8-9-12/h11-15,17H,3-10H2,1-2H3. The summed E-state index contributed by atoms with van der Waals surface area (Å²) in [5.41, 5.74) is 0. The summed E-state index contributed by atoms with van der Waals surface area (Å²) in [6.07, 6.45) is 9.04. The molecule has 1 aliphatic heterocycles. The first-order valence-corrected chi connectivity index (χ1v) is 8.31. The van der Waals surface area contributed by atoms with Gasteiger partial charge in [-0.2, -0.15) is 0 Å². The zero-order valence-electron chi connectivity index (χ0n) is 12.4. The fraction of sp³-hybridized carbons (Fsp3) is 0.938. The van der Waals surface area contributed by atoms with Gasteiger partial charge in [0.1, 0.15) is 0 Å². The molecule has 0 bridgehead atoms. The Bertz CT molecular complexity index is 324. The molecule has 3 fully saturated rings. The second-order valence-corrected chi connectivity index (χ2v) is 6.76. The highest BCUT2D eigenvalue weighted by Crippen LogP contribution is 2.49. The van der Waals surface area contributed by atoms with Crippen LogP contribution < -0.4 is 5.32 Å². The minimum absolute atomic E-state index is 0.0917. The van der Waals surface area contributed by atoms with Crippen LogP contribution in [-0.2, 0) is 4.79 Å². The minimum Gasteiger partial charge on any atom is -0.326 e. The molecule has 19 heavy (non-hydrogen) atoms. The average Bonchev–Trinajstić information content (AvgIpc) is 3.28. The van der Waals surface area contributed by atoms with Crippen LogP contribution in [0.25, 0.3) is 0 Å². The molecule has 0 aromatic rings. The number of nitrogens with zero attached hydrogens (tertiary/aromatic N) is 1. The van der Waals surface area contributed by atoms with Crippen molar-refractivity contribution >= 4 is 5.91 Å². The summed E-state index contributed by atoms with van der Waals surface area (Å²) in [6, 6.07) is 0.0917. The molecule has 1 saturated heterocycles. The summed E-state index contributed by atoms with van der Waals surface area (Å²) in [4.78, 5) is 14.7. The Morgan fingerprint density at radius 1 is 1.21 bits per heavy atom. The highest BCUT2D eigenvalue weighted by Gasteiger charge is 2.45. The van der Waals surface area contributed by atoms with Gasteiger partial charge in [-0.1, -0.05) is 20.3 Å². The monoisotopic (exact) mass is 264 g/mol. The topological polar surface area (TPSA) is 32.3 Å². The molecular formula is C16H28N2O. The van der Waals surface area contributed by atoms with Gasteiger partial charge < -0.3 is 4.90 Å². The van der Waals surface area contributed by atoms with E-state index in [0.717, 1.165) is 43.6 Å². The molecule has 3 nitrogen and oxygen atoms in total. The molecule has 0 spiro atoms. The van der Waals surface area contributed by atoms with E-state index in [1.807, 2.05) is 0 Å². The Balaban J connectivity index is 1.65. The van der Waals surface area contributed by atoms with Crippen LogP contribution in [-0.4, -0.2) is 29.6 Å². The van der Waals surface area contributed by atoms with Crippen molar-refractivity contribution in [2.24, 2.45) is 17.8 Å². The van der Waals surface area contributed by atoms with Gasteiger partial charge in [0, 0.05) is 6.54 Å². The van der Waals surface area contributed by atoms with Gasteiger partial charge in [0.25, 0.3) is 0 Å². The maximum absolute atomic E-state index is 12.5. The number of hydrogen-bond donors (Lipinski definition) is 1. The smallest absolute Gasteiger partial charge is 0.241 e. The highest BCUT2D eigenvalue weighted by molar-refractivity contribution is 5.84. The van der Waals surface area contributed by atoms with E-state index in [2.05, 4.69) is 24.1 Å². The maximum Gasteiger partial charge on any atom is 0.241 e. The van der Waals surface area contributed by atoms with E-state index in [9.17, 15) is 4.79 Å². The van der Waals surface area contributed by atoms with E-state index < -0.39 is 0 Å². The van der Waals surface area contributed by atoms with Crippen molar-refractivity contribution < 1.29 is 4.79 Å². The molecule has 0 radical (unpaired) electrons. The van der Waals surface area contributed by atoms with Crippen molar-refractivity contribution in [2.75, 3.05) is 6.54 Å². The second-order valence-electron chi connectivity index (χ2n) is 6.76. The van der Waals surface area contributed by atoms with Gasteiger partial charge >= 0.3 is 0 Å². The van der Waals surface area contributed by atoms with Crippen molar-refractivity contribution in [1.82, 2.24) is 10.2 Å². The van der Waals surface area contributed by atoms with Crippen LogP contribution >= 0.6 is 0 Å². The summed E-state index contributed by atoms with van der Waals surface area (Å²) in [5.74, 6) is 3.05. The first-order chi connectivity index (χ1) is 9.24. The lowest BCUT2D eigenvalue weighted by Gasteiger charge is -2.28. The molecule has 1 heterocycles. The van der Waals surface area contributed by atoms with Gasteiger partial charge in [0.15, 0.2) is 0 Å². The van der Waals surface area contributed by atoms with Crippen LogP contribution in [0.2, 0.25) is 0 Å². The zero-order valence-corrected chi connectivity index (χ0v) is 12.4. The lowest BCUT2D eigenvalue weighted by atomic mass is 9.97. The molecule has 1 N–H and O–H groups in total. The average molecular weight is 264 g/mol. The van der Waals surface area contributed by atoms with Crippen molar-refractivity contribution in [2.45, 2.75) is 71.0 Å². The van der Waals surface area contributed by atoms with Gasteiger partial charge in [-0.05, 0) is 56.3 Å². The first-order valence-electron chi connectivity index (χ1n) is 8.31. The molecule has 2 aliphatic carbocycles. The third-order valence-corrected chi connectivity index (χ3v) is 5.18. The summed E-state index contributed by atoms with van der Waals surface area (Å²) < 4.78 is 0. The number of nitrogens with one attached hydrogen (secondary N) is 1. The molecule has 1 amide bonds. The third-order valence-electron chi connectivity index (χ3n) is 5.18. The van der Waals surface area contributed by atoms with Crippen molar-refractivity contribution in [1.29, 1.82) is 0 Å². The van der Waals surface area contributed by atoms with Crippen LogP contribution in [0.4, 0.5) is 0 Å². The van der Waals surface area contributed by atoms with Crippen molar-refractivity contribution in [3.8, 4) is 0 Å². The molecule has 2 atom stereocenters. The number of hydrogen-bond acceptors (Lipinski definition) is 2. The van der Waals surface area contributed by atoms with E-state index in [1.165, 1.54) is 25.7 Å². The molecule has 2 unspecified atom stereocenters. The first kappa shape index (κ1) is 13.4. The second kappa shape index (κ2) is 5.43. The fourth-order valence-electron chi connectivity index (χ4n) is 3.76. The van der Waals surface area contributed by atoms with Crippen LogP contribution in [0, 0.1) is 17.8 Å². The van der Waals surface area contributed by atoms with Gasteiger partial charge in [0.05, 0.1) is 12.2 Å². The molecule has 3 aliphatic rings. The predicted octanol–water partition coefficient (Wildman–Crippen LogP) is 2.76. The zero-order chi connectivity index (χ0) is 13.4. The van der Waals surface area contributed by atoms with E-state index in [4.69, 9.17) is 0 Å². The van der Waals surface area contributed by atoms with Gasteiger partial charge in [-0.25, -0.2) is 0 Å². The van der Waals surface area contributed by atoms with E-state index >= 15 is 0 Å². The quantitative estimate of drug-likeness (QED) is 0.767. The highest BCUT2D eigenvalue weighted by atomic mass is 16.2. The Morgan fingerprint density at radius 2 is 1.84 bits per heavy atom. The summed E-state index contributed by atoms with van der Waals surface area (Å²) in [7, 11) is 0. The van der Waals surface area contributed by atoms with Crippen LogP contribution in [0.15, 0.2) is 0 Å². The Kier molecular flexibility index (Phi) is 3.84. The number of amides is 1. The van der Waals surface area contributed by atoms with Gasteiger partial charge in [-0.3, -0.25) is 10.1 Å². The van der Waals surface area contributed by atoms with E-state index in [1.54, 1.807) is 0 Å². The SMILES string of the molecule is CCCC1NC(CC)N(CC(C2CC2)C2CC2)C1=O. The predicted molar refractivity (Wildman–Crippen MR) is 76.6 cm³/mol. The molecule has 3 rings (SSSR count). The molecule has 2 saturated carbocycles. The lowest BCUT2D eigenvalue weighted by molar-refractivity contribution is -0.131. The van der Waals surface area contributed by atoms with E-state index in [0.29, 0.717) is 12.1 Å². The lowest BCUT2D eigenvalue weighted by Crippen LogP contribution is -2.41. The third kappa shape index (κ3) is 2.81. The number of carbonyl (C=O) groups excluding carboxylic acids is 1. The van der Waals surface area contributed by atoms with Gasteiger partial charge in [0.2, 0.25) is 5.91 Å². The summed E-state index contributed by atoms with van der Waals surface area (Å²) >= 11 is 0. The maximum atomic E-state index is 12.5. The molecule has 108 valence electrons. The minimum atomic E-state index is 0.0917. The normalized spacial score (nSPS) is 31.5. The Labute approximate surface area is 117 Å². The van der Waals surface area contributed by atoms with Crippen molar-refractivity contribution in [3.05, 3.63) is 0 Å². The Morgan fingerprint density at radius 3 is 2.32 bits per heavy atom. The molecule has 3 heteroatoms. The fourth-order valence-corrected chi connectivity index (χ4v) is 3.76. The number of rotatable bonds is 7. The van der Waals surface area contributed by atoms with Crippen molar-refractivity contribution in [3.63, 3.8) is 0 Å². The van der Waals surface area contributed by atoms with Crippen LogP contribution in [0.5, 0.6) is 0 Å². The Hall–Kier alpha value is -0.570. The van der Waals surface area contributed by atoms with E-state index in [-0.39, 0.29) is 6.04 Å². The molecule has 0 aromatic carbocycles.